The zero-order valence-electron chi connectivity index (χ0n) is 19.7. The van der Waals surface area contributed by atoms with Crippen LogP contribution in [-0.4, -0.2) is 35.6 Å². The molecule has 1 heterocycles. The van der Waals surface area contributed by atoms with Gasteiger partial charge in [0.05, 0.1) is 0 Å². The highest BCUT2D eigenvalue weighted by Crippen LogP contribution is 2.53. The monoisotopic (exact) mass is 431 g/mol. The molecule has 0 amide bonds. The number of rotatable bonds is 8. The van der Waals surface area contributed by atoms with Gasteiger partial charge in [0, 0.05) is 19.6 Å². The van der Waals surface area contributed by atoms with Crippen LogP contribution in [0.5, 0.6) is 0 Å². The molecular weight excluding hydrogens is 394 g/mol. The van der Waals surface area contributed by atoms with Crippen molar-refractivity contribution in [2.45, 2.75) is 45.4 Å². The van der Waals surface area contributed by atoms with E-state index in [4.69, 9.17) is 0 Å². The Kier molecular flexibility index (Phi) is 6.85. The molecule has 2 aromatic rings. The molecule has 3 nitrogen and oxygen atoms in total. The summed E-state index contributed by atoms with van der Waals surface area (Å²) in [6, 6.07) is 19.9. The van der Waals surface area contributed by atoms with Crippen molar-refractivity contribution >= 4 is 5.97 Å². The van der Waals surface area contributed by atoms with E-state index >= 15 is 0 Å². The van der Waals surface area contributed by atoms with Crippen LogP contribution in [0.15, 0.2) is 72.3 Å². The van der Waals surface area contributed by atoms with Gasteiger partial charge in [-0.2, -0.15) is 0 Å². The maximum atomic E-state index is 13.2. The average Bonchev–Trinajstić information content (AvgIpc) is 3.05. The van der Waals surface area contributed by atoms with E-state index in [1.54, 1.807) is 0 Å². The first-order valence-electron chi connectivity index (χ1n) is 12.1. The second-order valence-electron chi connectivity index (χ2n) is 10.1. The zero-order chi connectivity index (χ0) is 22.7. The van der Waals surface area contributed by atoms with Gasteiger partial charge in [0.25, 0.3) is 0 Å². The fraction of sp³-hybridized carbons (Fsp3) is 0.483. The van der Waals surface area contributed by atoms with E-state index in [0.717, 1.165) is 37.2 Å². The van der Waals surface area contributed by atoms with Crippen molar-refractivity contribution < 1.29 is 9.90 Å². The first-order chi connectivity index (χ1) is 15.4. The summed E-state index contributed by atoms with van der Waals surface area (Å²) in [6.07, 6.45) is 5.88. The third kappa shape index (κ3) is 4.15. The molecule has 170 valence electrons. The molecule has 1 saturated heterocycles. The number of carbonyl (C=O) groups is 1. The fourth-order valence-corrected chi connectivity index (χ4v) is 6.72. The van der Waals surface area contributed by atoms with Crippen molar-refractivity contribution in [2.75, 3.05) is 19.6 Å². The summed E-state index contributed by atoms with van der Waals surface area (Å²) in [7, 11) is 0. The molecule has 0 aromatic heterocycles. The van der Waals surface area contributed by atoms with Crippen molar-refractivity contribution in [2.24, 2.45) is 23.7 Å². The first kappa shape index (κ1) is 22.8. The first-order valence-corrected chi connectivity index (χ1v) is 12.1. The third-order valence-corrected chi connectivity index (χ3v) is 8.04. The molecule has 0 spiro atoms. The molecule has 2 aliphatic rings. The normalized spacial score (nSPS) is 24.2. The lowest BCUT2D eigenvalue weighted by Crippen LogP contribution is -2.52. The molecule has 32 heavy (non-hydrogen) atoms. The van der Waals surface area contributed by atoms with Gasteiger partial charge in [-0.3, -0.25) is 4.79 Å². The quantitative estimate of drug-likeness (QED) is 0.521. The maximum Gasteiger partial charge on any atom is 0.318 e. The van der Waals surface area contributed by atoms with E-state index < -0.39 is 11.4 Å². The number of nitrogens with zero attached hydrogens (tertiary/aromatic N) is 1. The van der Waals surface area contributed by atoms with Crippen molar-refractivity contribution in [1.29, 1.82) is 0 Å². The predicted octanol–water partition coefficient (Wildman–Crippen LogP) is 6.01. The highest BCUT2D eigenvalue weighted by molar-refractivity contribution is 5.86. The number of carboxylic acids is 1. The van der Waals surface area contributed by atoms with Gasteiger partial charge in [-0.05, 0) is 67.9 Å². The van der Waals surface area contributed by atoms with E-state index in [-0.39, 0.29) is 5.92 Å². The van der Waals surface area contributed by atoms with Crippen LogP contribution in [-0.2, 0) is 10.2 Å². The number of benzene rings is 2. The van der Waals surface area contributed by atoms with Crippen LogP contribution in [0.25, 0.3) is 0 Å². The molecule has 1 aliphatic carbocycles. The molecule has 3 heteroatoms. The molecular formula is C29H37NO2. The summed E-state index contributed by atoms with van der Waals surface area (Å²) in [5, 5.41) is 10.8. The van der Waals surface area contributed by atoms with E-state index in [2.05, 4.69) is 31.7 Å². The molecule has 0 radical (unpaired) electrons. The van der Waals surface area contributed by atoms with Crippen molar-refractivity contribution in [3.63, 3.8) is 0 Å². The summed E-state index contributed by atoms with van der Waals surface area (Å²) < 4.78 is 0. The van der Waals surface area contributed by atoms with Crippen LogP contribution >= 0.6 is 0 Å². The van der Waals surface area contributed by atoms with Gasteiger partial charge in [0.15, 0.2) is 0 Å². The third-order valence-electron chi connectivity index (χ3n) is 8.04. The van der Waals surface area contributed by atoms with E-state index in [1.807, 2.05) is 60.7 Å². The average molecular weight is 432 g/mol. The summed E-state index contributed by atoms with van der Waals surface area (Å²) in [6.45, 7) is 9.85. The highest BCUT2D eigenvalue weighted by atomic mass is 16.4. The van der Waals surface area contributed by atoms with Crippen molar-refractivity contribution in [3.05, 3.63) is 83.4 Å². The maximum absolute atomic E-state index is 13.2. The van der Waals surface area contributed by atoms with Gasteiger partial charge >= 0.3 is 5.97 Å². The van der Waals surface area contributed by atoms with E-state index in [0.29, 0.717) is 17.8 Å². The molecule has 2 bridgehead atoms. The number of piperidine rings is 1. The second kappa shape index (κ2) is 9.62. The Morgan fingerprint density at radius 1 is 1.00 bits per heavy atom. The van der Waals surface area contributed by atoms with Crippen LogP contribution in [0.2, 0.25) is 0 Å². The lowest BCUT2D eigenvalue weighted by atomic mass is 9.58. The van der Waals surface area contributed by atoms with Gasteiger partial charge < -0.3 is 10.0 Å². The Morgan fingerprint density at radius 2 is 1.50 bits per heavy atom. The van der Waals surface area contributed by atoms with Crippen LogP contribution in [0, 0.1) is 23.7 Å². The number of aliphatic carboxylic acids is 1. The molecule has 2 aromatic carbocycles. The predicted molar refractivity (Wildman–Crippen MR) is 131 cm³/mol. The molecule has 4 rings (SSSR count). The smallest absolute Gasteiger partial charge is 0.318 e. The standard InChI is InChI=1S/C29H37NO2/c1-21(2)11-10-18-30-19-23-16-17-24(20-30)27(23)22(3)29(28(31)32,25-12-6-4-7-13-25)26-14-8-5-9-15-26/h4-9,11-15,22-24,27H,10,16-20H2,1-3H3,(H,31,32). The topological polar surface area (TPSA) is 40.5 Å². The zero-order valence-corrected chi connectivity index (χ0v) is 19.7. The Bertz CT molecular complexity index is 879. The largest absolute Gasteiger partial charge is 0.480 e. The van der Waals surface area contributed by atoms with Crippen LogP contribution in [0.1, 0.15) is 51.2 Å². The van der Waals surface area contributed by atoms with Gasteiger partial charge in [0.2, 0.25) is 0 Å². The Hall–Kier alpha value is -2.39. The van der Waals surface area contributed by atoms with Gasteiger partial charge in [-0.15, -0.1) is 0 Å². The fourth-order valence-electron chi connectivity index (χ4n) is 6.72. The SMILES string of the molecule is CC(C)=CCCN1CC2CCC(C1)C2C(C)C(C(=O)O)(c1ccccc1)c1ccccc1. The van der Waals surface area contributed by atoms with Crippen LogP contribution < -0.4 is 0 Å². The Morgan fingerprint density at radius 3 is 1.94 bits per heavy atom. The molecule has 3 unspecified atom stereocenters. The number of fused-ring (bicyclic) bond motifs is 2. The summed E-state index contributed by atoms with van der Waals surface area (Å²) in [4.78, 5) is 15.8. The van der Waals surface area contributed by atoms with Gasteiger partial charge in [-0.25, -0.2) is 0 Å². The number of carboxylic acid groups (broad SMARTS) is 1. The number of hydrogen-bond acceptors (Lipinski definition) is 2. The number of hydrogen-bond donors (Lipinski definition) is 1. The lowest BCUT2D eigenvalue weighted by molar-refractivity contribution is -0.145. The minimum absolute atomic E-state index is 0.0160. The molecule has 3 atom stereocenters. The number of likely N-dealkylation sites (tertiary alicyclic amines) is 1. The van der Waals surface area contributed by atoms with Crippen molar-refractivity contribution in [1.82, 2.24) is 4.90 Å². The molecule has 1 N–H and O–H groups in total. The van der Waals surface area contributed by atoms with Crippen LogP contribution in [0.4, 0.5) is 0 Å². The summed E-state index contributed by atoms with van der Waals surface area (Å²) in [5.74, 6) is 0.851. The Balaban J connectivity index is 1.68. The van der Waals surface area contributed by atoms with Gasteiger partial charge in [-0.1, -0.05) is 79.2 Å². The van der Waals surface area contributed by atoms with E-state index in [1.165, 1.54) is 18.4 Å². The minimum atomic E-state index is -1.03. The second-order valence-corrected chi connectivity index (χ2v) is 10.1. The van der Waals surface area contributed by atoms with E-state index in [9.17, 15) is 9.90 Å². The summed E-state index contributed by atoms with van der Waals surface area (Å²) >= 11 is 0. The highest BCUT2D eigenvalue weighted by Gasteiger charge is 2.55. The minimum Gasteiger partial charge on any atom is -0.480 e. The van der Waals surface area contributed by atoms with Crippen LogP contribution in [0.3, 0.4) is 0 Å². The molecule has 1 saturated carbocycles. The summed E-state index contributed by atoms with van der Waals surface area (Å²) in [5.41, 5.74) is 2.15. The van der Waals surface area contributed by atoms with Crippen molar-refractivity contribution in [3.8, 4) is 0 Å². The number of allylic oxidation sites excluding steroid dienone is 1. The lowest BCUT2D eigenvalue weighted by Gasteiger charge is -2.47. The molecule has 2 fully saturated rings. The Labute approximate surface area is 193 Å². The molecule has 1 aliphatic heterocycles. The van der Waals surface area contributed by atoms with Gasteiger partial charge in [0.1, 0.15) is 5.41 Å².